The molecule has 1 saturated heterocycles. The molecule has 1 aliphatic heterocycles. The second kappa shape index (κ2) is 6.56. The van der Waals surface area contributed by atoms with Gasteiger partial charge < -0.3 is 14.2 Å². The molecular weight excluding hydrogens is 250 g/mol. The van der Waals surface area contributed by atoms with E-state index in [0.717, 1.165) is 12.5 Å². The molecule has 1 aliphatic rings. The third-order valence-corrected chi connectivity index (χ3v) is 2.31. The molecule has 0 aromatic carbocycles. The number of hydrogen-bond donors (Lipinski definition) is 1. The molecule has 0 radical (unpaired) electrons. The Morgan fingerprint density at radius 3 is 2.63 bits per heavy atom. The molecule has 1 rings (SSSR count). The Bertz CT molecular complexity index is 347. The Kier molecular flexibility index (Phi) is 5.35. The molecular formula is C13H21NO5. The van der Waals surface area contributed by atoms with Gasteiger partial charge in [0.1, 0.15) is 11.8 Å². The molecule has 19 heavy (non-hydrogen) atoms. The summed E-state index contributed by atoms with van der Waals surface area (Å²) in [4.78, 5) is 22.6. The van der Waals surface area contributed by atoms with Crippen molar-refractivity contribution < 1.29 is 23.8 Å². The fourth-order valence-electron chi connectivity index (χ4n) is 1.60. The second-order valence-electron chi connectivity index (χ2n) is 5.27. The van der Waals surface area contributed by atoms with Gasteiger partial charge >= 0.3 is 12.1 Å². The number of nitrogens with one attached hydrogen (secondary N) is 1. The second-order valence-corrected chi connectivity index (χ2v) is 5.27. The van der Waals surface area contributed by atoms with E-state index in [0.29, 0.717) is 12.8 Å². The van der Waals surface area contributed by atoms with Crippen LogP contribution in [0.5, 0.6) is 0 Å². The Morgan fingerprint density at radius 1 is 1.37 bits per heavy atom. The van der Waals surface area contributed by atoms with Gasteiger partial charge in [0, 0.05) is 12.5 Å². The van der Waals surface area contributed by atoms with Crippen LogP contribution >= 0.6 is 0 Å². The predicted molar refractivity (Wildman–Crippen MR) is 68.2 cm³/mol. The Balaban J connectivity index is 2.40. The highest BCUT2D eigenvalue weighted by Crippen LogP contribution is 2.19. The van der Waals surface area contributed by atoms with Crippen molar-refractivity contribution in [1.29, 1.82) is 0 Å². The van der Waals surface area contributed by atoms with Gasteiger partial charge in [-0.3, -0.25) is 5.32 Å². The molecule has 6 heteroatoms. The van der Waals surface area contributed by atoms with Crippen LogP contribution in [0, 0.1) is 0 Å². The van der Waals surface area contributed by atoms with Gasteiger partial charge in [-0.1, -0.05) is 6.58 Å². The minimum absolute atomic E-state index is 0.508. The minimum atomic E-state index is -0.654. The van der Waals surface area contributed by atoms with E-state index in [4.69, 9.17) is 14.2 Å². The van der Waals surface area contributed by atoms with Crippen LogP contribution in [-0.2, 0) is 19.0 Å². The average molecular weight is 271 g/mol. The zero-order valence-electron chi connectivity index (χ0n) is 11.6. The molecule has 1 heterocycles. The Morgan fingerprint density at radius 2 is 2.05 bits per heavy atom. The van der Waals surface area contributed by atoms with Crippen LogP contribution in [0.3, 0.4) is 0 Å². The van der Waals surface area contributed by atoms with Gasteiger partial charge in [0.2, 0.25) is 6.29 Å². The number of rotatable bonds is 3. The molecule has 1 N–H and O–H groups in total. The van der Waals surface area contributed by atoms with Crippen LogP contribution in [-0.4, -0.2) is 30.2 Å². The van der Waals surface area contributed by atoms with Crippen molar-refractivity contribution in [3.8, 4) is 0 Å². The first-order valence-corrected chi connectivity index (χ1v) is 6.28. The van der Waals surface area contributed by atoms with Crippen LogP contribution in [0.2, 0.25) is 0 Å². The smallest absolute Gasteiger partial charge is 0.409 e. The largest absolute Gasteiger partial charge is 0.444 e. The third-order valence-electron chi connectivity index (χ3n) is 2.31. The lowest BCUT2D eigenvalue weighted by atomic mass is 10.1. The summed E-state index contributed by atoms with van der Waals surface area (Å²) in [5.74, 6) is -0.539. The number of carbonyl (C=O) groups excluding carboxylic acids is 2. The van der Waals surface area contributed by atoms with Gasteiger partial charge in [-0.2, -0.15) is 0 Å². The monoisotopic (exact) mass is 271 g/mol. The van der Waals surface area contributed by atoms with Crippen LogP contribution in [0.25, 0.3) is 0 Å². The van der Waals surface area contributed by atoms with E-state index in [1.54, 1.807) is 20.8 Å². The standard InChI is InChI=1S/C13H21NO5/c1-5-10(15)18-11-8-6-7-9(17-11)14-12(16)19-13(2,3)4/h5,9,11H,1,6-8H2,2-4H3,(H,14,16). The molecule has 1 fully saturated rings. The summed E-state index contributed by atoms with van der Waals surface area (Å²) >= 11 is 0. The molecule has 108 valence electrons. The highest BCUT2D eigenvalue weighted by atomic mass is 16.7. The Hall–Kier alpha value is -1.56. The molecule has 0 aromatic rings. The maximum absolute atomic E-state index is 11.6. The number of alkyl carbamates (subject to hydrolysis) is 1. The molecule has 2 unspecified atom stereocenters. The number of ether oxygens (including phenoxy) is 3. The fraction of sp³-hybridized carbons (Fsp3) is 0.692. The molecule has 6 nitrogen and oxygen atoms in total. The predicted octanol–water partition coefficient (Wildman–Crippen LogP) is 2.09. The summed E-state index contributed by atoms with van der Waals surface area (Å²) in [6, 6.07) is 0. The van der Waals surface area contributed by atoms with Crippen molar-refractivity contribution in [2.24, 2.45) is 0 Å². The van der Waals surface area contributed by atoms with Crippen molar-refractivity contribution in [2.45, 2.75) is 58.2 Å². The quantitative estimate of drug-likeness (QED) is 0.628. The maximum Gasteiger partial charge on any atom is 0.409 e. The number of carbonyl (C=O) groups is 2. The lowest BCUT2D eigenvalue weighted by Gasteiger charge is -2.30. The number of esters is 1. The molecule has 0 saturated carbocycles. The first-order chi connectivity index (χ1) is 8.80. The van der Waals surface area contributed by atoms with E-state index in [1.807, 2.05) is 0 Å². The van der Waals surface area contributed by atoms with Crippen LogP contribution in [0.1, 0.15) is 40.0 Å². The molecule has 0 spiro atoms. The Labute approximate surface area is 113 Å². The highest BCUT2D eigenvalue weighted by Gasteiger charge is 2.27. The van der Waals surface area contributed by atoms with E-state index in [9.17, 15) is 9.59 Å². The molecule has 2 atom stereocenters. The van der Waals surface area contributed by atoms with Gasteiger partial charge in [-0.25, -0.2) is 9.59 Å². The van der Waals surface area contributed by atoms with Crippen molar-refractivity contribution in [3.05, 3.63) is 12.7 Å². The first kappa shape index (κ1) is 15.5. The topological polar surface area (TPSA) is 73.9 Å². The van der Waals surface area contributed by atoms with Crippen molar-refractivity contribution in [1.82, 2.24) is 5.32 Å². The summed E-state index contributed by atoms with van der Waals surface area (Å²) in [5, 5.41) is 2.60. The molecule has 0 bridgehead atoms. The minimum Gasteiger partial charge on any atom is -0.444 e. The maximum atomic E-state index is 11.6. The summed E-state index contributed by atoms with van der Waals surface area (Å²) in [6.07, 6.45) is 1.41. The van der Waals surface area contributed by atoms with E-state index < -0.39 is 30.2 Å². The summed E-state index contributed by atoms with van der Waals surface area (Å²) in [7, 11) is 0. The lowest BCUT2D eigenvalue weighted by Crippen LogP contribution is -2.45. The first-order valence-electron chi connectivity index (χ1n) is 6.28. The normalized spacial score (nSPS) is 23.3. The molecule has 1 amide bonds. The van der Waals surface area contributed by atoms with E-state index in [2.05, 4.69) is 11.9 Å². The van der Waals surface area contributed by atoms with Crippen LogP contribution < -0.4 is 5.32 Å². The zero-order valence-corrected chi connectivity index (χ0v) is 11.6. The average Bonchev–Trinajstić information content (AvgIpc) is 2.26. The number of hydrogen-bond acceptors (Lipinski definition) is 5. The molecule has 0 aromatic heterocycles. The zero-order chi connectivity index (χ0) is 14.5. The van der Waals surface area contributed by atoms with Gasteiger partial charge in [0.05, 0.1) is 0 Å². The number of amides is 1. The van der Waals surface area contributed by atoms with E-state index >= 15 is 0 Å². The van der Waals surface area contributed by atoms with E-state index in [-0.39, 0.29) is 0 Å². The van der Waals surface area contributed by atoms with Crippen LogP contribution in [0.15, 0.2) is 12.7 Å². The van der Waals surface area contributed by atoms with Crippen molar-refractivity contribution in [2.75, 3.05) is 0 Å². The third kappa shape index (κ3) is 6.24. The van der Waals surface area contributed by atoms with Crippen molar-refractivity contribution >= 4 is 12.1 Å². The van der Waals surface area contributed by atoms with Crippen molar-refractivity contribution in [3.63, 3.8) is 0 Å². The summed E-state index contributed by atoms with van der Waals surface area (Å²) < 4.78 is 15.5. The SMILES string of the molecule is C=CC(=O)OC1CCCC(NC(=O)OC(C)(C)C)O1. The van der Waals surface area contributed by atoms with Gasteiger partial charge in [0.15, 0.2) is 0 Å². The lowest BCUT2D eigenvalue weighted by molar-refractivity contribution is -0.201. The van der Waals surface area contributed by atoms with Gasteiger partial charge in [0.25, 0.3) is 0 Å². The summed E-state index contributed by atoms with van der Waals surface area (Å²) in [5.41, 5.74) is -0.562. The molecule has 0 aliphatic carbocycles. The van der Waals surface area contributed by atoms with E-state index in [1.165, 1.54) is 0 Å². The highest BCUT2D eigenvalue weighted by molar-refractivity contribution is 5.81. The summed E-state index contributed by atoms with van der Waals surface area (Å²) in [6.45, 7) is 8.66. The van der Waals surface area contributed by atoms with Crippen LogP contribution in [0.4, 0.5) is 4.79 Å². The fourth-order valence-corrected chi connectivity index (χ4v) is 1.60. The van der Waals surface area contributed by atoms with Gasteiger partial charge in [-0.05, 0) is 33.6 Å². The van der Waals surface area contributed by atoms with Gasteiger partial charge in [-0.15, -0.1) is 0 Å².